The van der Waals surface area contributed by atoms with Crippen molar-refractivity contribution >= 4 is 17.5 Å². The fraction of sp³-hybridized carbons (Fsp3) is 0.571. The molecule has 0 fully saturated rings. The quantitative estimate of drug-likeness (QED) is 0.564. The summed E-state index contributed by atoms with van der Waals surface area (Å²) in [5.41, 5.74) is 0.501. The minimum atomic E-state index is -0.824. The lowest BCUT2D eigenvalue weighted by Gasteiger charge is -2.18. The number of carboxylic acids is 1. The molecule has 0 aromatic carbocycles. The molecule has 7 heteroatoms. The van der Waals surface area contributed by atoms with Crippen molar-refractivity contribution in [1.82, 2.24) is 4.98 Å². The molecule has 0 amide bonds. The zero-order valence-electron chi connectivity index (χ0n) is 12.5. The maximum Gasteiger partial charge on any atom is 0.303 e. The monoisotopic (exact) mass is 295 g/mol. The Bertz CT molecular complexity index is 517. The summed E-state index contributed by atoms with van der Waals surface area (Å²) in [6.45, 7) is 6.22. The Kier molecular flexibility index (Phi) is 6.08. The minimum absolute atomic E-state index is 0.000187. The largest absolute Gasteiger partial charge is 0.481 e. The number of nitrogens with one attached hydrogen (secondary N) is 1. The van der Waals surface area contributed by atoms with E-state index in [0.717, 1.165) is 6.42 Å². The molecule has 1 aromatic rings. The molecule has 0 bridgehead atoms. The van der Waals surface area contributed by atoms with Gasteiger partial charge in [0.1, 0.15) is 12.0 Å². The maximum atomic E-state index is 10.9. The molecule has 0 spiro atoms. The third-order valence-corrected chi connectivity index (χ3v) is 3.12. The Labute approximate surface area is 123 Å². The number of aryl methyl sites for hydroxylation is 1. The van der Waals surface area contributed by atoms with Crippen LogP contribution >= 0.6 is 0 Å². The third-order valence-electron chi connectivity index (χ3n) is 3.12. The van der Waals surface area contributed by atoms with Crippen LogP contribution < -0.4 is 5.32 Å². The highest BCUT2D eigenvalue weighted by Gasteiger charge is 2.16. The average Bonchev–Trinajstić information content (AvgIpc) is 2.34. The molecule has 0 aliphatic carbocycles. The molecule has 2 N–H and O–H groups in total. The predicted molar refractivity (Wildman–Crippen MR) is 79.3 cm³/mol. The fourth-order valence-corrected chi connectivity index (χ4v) is 2.24. The van der Waals surface area contributed by atoms with Crippen molar-refractivity contribution < 1.29 is 14.8 Å². The topological polar surface area (TPSA) is 105 Å². The first-order valence-corrected chi connectivity index (χ1v) is 6.86. The van der Waals surface area contributed by atoms with Crippen LogP contribution in [0.25, 0.3) is 0 Å². The van der Waals surface area contributed by atoms with Crippen LogP contribution in [0.5, 0.6) is 0 Å². The SMILES string of the molecule is Cc1cc(NCC(CC(=O)O)CC(C)C)ncc1[N+](=O)[O-]. The van der Waals surface area contributed by atoms with E-state index in [0.29, 0.717) is 23.8 Å². The molecular weight excluding hydrogens is 274 g/mol. The molecule has 116 valence electrons. The van der Waals surface area contributed by atoms with Crippen molar-refractivity contribution in [1.29, 1.82) is 0 Å². The summed E-state index contributed by atoms with van der Waals surface area (Å²) >= 11 is 0. The highest BCUT2D eigenvalue weighted by atomic mass is 16.6. The van der Waals surface area contributed by atoms with E-state index in [1.807, 2.05) is 13.8 Å². The van der Waals surface area contributed by atoms with Crippen molar-refractivity contribution in [2.75, 3.05) is 11.9 Å². The molecule has 0 radical (unpaired) electrons. The van der Waals surface area contributed by atoms with Crippen LogP contribution in [0, 0.1) is 28.9 Å². The molecule has 21 heavy (non-hydrogen) atoms. The van der Waals surface area contributed by atoms with Gasteiger partial charge in [0.05, 0.1) is 4.92 Å². The molecule has 7 nitrogen and oxygen atoms in total. The van der Waals surface area contributed by atoms with Gasteiger partial charge in [0.2, 0.25) is 0 Å². The first kappa shape index (κ1) is 16.9. The number of pyridine rings is 1. The summed E-state index contributed by atoms with van der Waals surface area (Å²) in [5, 5.41) is 22.7. The Hall–Kier alpha value is -2.18. The highest BCUT2D eigenvalue weighted by molar-refractivity contribution is 5.67. The number of aliphatic carboxylic acids is 1. The van der Waals surface area contributed by atoms with Gasteiger partial charge < -0.3 is 10.4 Å². The predicted octanol–water partition coefficient (Wildman–Crippen LogP) is 2.85. The second-order valence-electron chi connectivity index (χ2n) is 5.59. The lowest BCUT2D eigenvalue weighted by atomic mass is 9.94. The van der Waals surface area contributed by atoms with Crippen LogP contribution in [0.2, 0.25) is 0 Å². The number of rotatable bonds is 8. The summed E-state index contributed by atoms with van der Waals surface area (Å²) in [4.78, 5) is 25.1. The standard InChI is InChI=1S/C14H21N3O4/c1-9(2)4-11(6-14(18)19)7-15-13-5-10(3)12(8-16-13)17(20)21/h5,8-9,11H,4,6-7H2,1-3H3,(H,15,16)(H,18,19). The molecule has 1 rings (SSSR count). The van der Waals surface area contributed by atoms with E-state index in [1.54, 1.807) is 13.0 Å². The van der Waals surface area contributed by atoms with Crippen LogP contribution in [-0.4, -0.2) is 27.5 Å². The van der Waals surface area contributed by atoms with Crippen LogP contribution in [0.3, 0.4) is 0 Å². The van der Waals surface area contributed by atoms with E-state index >= 15 is 0 Å². The number of hydrogen-bond acceptors (Lipinski definition) is 5. The molecule has 1 heterocycles. The Balaban J connectivity index is 2.69. The van der Waals surface area contributed by atoms with Gasteiger partial charge in [-0.3, -0.25) is 14.9 Å². The highest BCUT2D eigenvalue weighted by Crippen LogP contribution is 2.20. The van der Waals surface area contributed by atoms with Crippen molar-refractivity contribution in [2.45, 2.75) is 33.6 Å². The fourth-order valence-electron chi connectivity index (χ4n) is 2.24. The number of nitro groups is 1. The average molecular weight is 295 g/mol. The zero-order valence-corrected chi connectivity index (χ0v) is 12.5. The Morgan fingerprint density at radius 1 is 1.52 bits per heavy atom. The second kappa shape index (κ2) is 7.56. The summed E-state index contributed by atoms with van der Waals surface area (Å²) in [5.74, 6) is 0.107. The van der Waals surface area contributed by atoms with Crippen LogP contribution in [-0.2, 0) is 4.79 Å². The zero-order chi connectivity index (χ0) is 16.0. The lowest BCUT2D eigenvalue weighted by Crippen LogP contribution is -2.20. The number of aromatic nitrogens is 1. The molecule has 0 aliphatic heterocycles. The maximum absolute atomic E-state index is 10.9. The molecule has 1 atom stereocenters. The van der Waals surface area contributed by atoms with Crippen LogP contribution in [0.1, 0.15) is 32.3 Å². The van der Waals surface area contributed by atoms with Gasteiger partial charge in [-0.1, -0.05) is 13.8 Å². The molecule has 0 saturated heterocycles. The smallest absolute Gasteiger partial charge is 0.303 e. The molecular formula is C14H21N3O4. The first-order valence-electron chi connectivity index (χ1n) is 6.86. The number of carboxylic acid groups (broad SMARTS) is 1. The molecule has 0 saturated carbocycles. The van der Waals surface area contributed by atoms with Gasteiger partial charge in [-0.15, -0.1) is 0 Å². The second-order valence-corrected chi connectivity index (χ2v) is 5.59. The van der Waals surface area contributed by atoms with Crippen molar-refractivity contribution in [3.05, 3.63) is 27.9 Å². The van der Waals surface area contributed by atoms with Gasteiger partial charge in [-0.2, -0.15) is 0 Å². The normalized spacial score (nSPS) is 12.2. The summed E-state index contributed by atoms with van der Waals surface area (Å²) in [6.07, 6.45) is 2.11. The van der Waals surface area contributed by atoms with E-state index in [4.69, 9.17) is 5.11 Å². The van der Waals surface area contributed by atoms with Gasteiger partial charge in [-0.25, -0.2) is 4.98 Å². The van der Waals surface area contributed by atoms with E-state index in [9.17, 15) is 14.9 Å². The van der Waals surface area contributed by atoms with Crippen molar-refractivity contribution in [3.63, 3.8) is 0 Å². The Morgan fingerprint density at radius 2 is 2.19 bits per heavy atom. The van der Waals surface area contributed by atoms with Gasteiger partial charge in [-0.05, 0) is 31.2 Å². The molecule has 1 aromatic heterocycles. The number of carbonyl (C=O) groups is 1. The lowest BCUT2D eigenvalue weighted by molar-refractivity contribution is -0.385. The summed E-state index contributed by atoms with van der Waals surface area (Å²) in [6, 6.07) is 1.60. The van der Waals surface area contributed by atoms with E-state index in [1.165, 1.54) is 6.20 Å². The van der Waals surface area contributed by atoms with Gasteiger partial charge in [0, 0.05) is 18.5 Å². The molecule has 1 unspecified atom stereocenters. The van der Waals surface area contributed by atoms with Crippen molar-refractivity contribution in [2.24, 2.45) is 11.8 Å². The van der Waals surface area contributed by atoms with Gasteiger partial charge in [0.25, 0.3) is 5.69 Å². The van der Waals surface area contributed by atoms with Crippen molar-refractivity contribution in [3.8, 4) is 0 Å². The van der Waals surface area contributed by atoms with Crippen LogP contribution in [0.4, 0.5) is 11.5 Å². The van der Waals surface area contributed by atoms with E-state index in [2.05, 4.69) is 10.3 Å². The first-order chi connectivity index (χ1) is 9.79. The summed E-state index contributed by atoms with van der Waals surface area (Å²) in [7, 11) is 0. The van der Waals surface area contributed by atoms with E-state index in [-0.39, 0.29) is 18.0 Å². The number of hydrogen-bond donors (Lipinski definition) is 2. The number of anilines is 1. The van der Waals surface area contributed by atoms with Gasteiger partial charge in [0.15, 0.2) is 0 Å². The molecule has 0 aliphatic rings. The summed E-state index contributed by atoms with van der Waals surface area (Å²) < 4.78 is 0. The van der Waals surface area contributed by atoms with Gasteiger partial charge >= 0.3 is 5.97 Å². The van der Waals surface area contributed by atoms with E-state index < -0.39 is 10.9 Å². The minimum Gasteiger partial charge on any atom is -0.481 e. The van der Waals surface area contributed by atoms with Crippen LogP contribution in [0.15, 0.2) is 12.3 Å². The Morgan fingerprint density at radius 3 is 2.67 bits per heavy atom. The number of nitrogens with zero attached hydrogens (tertiary/aromatic N) is 2. The third kappa shape index (κ3) is 5.76.